The van der Waals surface area contributed by atoms with E-state index in [9.17, 15) is 4.39 Å². The normalized spacial score (nSPS) is 29.6. The third kappa shape index (κ3) is 2.05. The minimum absolute atomic E-state index is 0.131. The Kier molecular flexibility index (Phi) is 3.42. The molecule has 1 aliphatic heterocycles. The molecular weight excluding hydrogens is 233 g/mol. The van der Waals surface area contributed by atoms with E-state index in [0.29, 0.717) is 24.6 Å². The van der Waals surface area contributed by atoms with E-state index in [2.05, 4.69) is 4.98 Å². The molecule has 0 radical (unpaired) electrons. The third-order valence-corrected chi connectivity index (χ3v) is 2.96. The van der Waals surface area contributed by atoms with Crippen LogP contribution in [-0.2, 0) is 15.3 Å². The zero-order valence-corrected chi connectivity index (χ0v) is 9.71. The predicted octanol–water partition coefficient (Wildman–Crippen LogP) is 2.44. The summed E-state index contributed by atoms with van der Waals surface area (Å²) in [4.78, 5) is 4.00. The zero-order chi connectivity index (χ0) is 11.6. The summed E-state index contributed by atoms with van der Waals surface area (Å²) in [6.45, 7) is 2.37. The Morgan fingerprint density at radius 1 is 1.62 bits per heavy atom. The quantitative estimate of drug-likeness (QED) is 0.767. The van der Waals surface area contributed by atoms with Crippen LogP contribution in [0.4, 0.5) is 4.39 Å². The number of rotatable bonds is 3. The Balaban J connectivity index is 2.25. The van der Waals surface area contributed by atoms with Crippen LogP contribution in [-0.4, -0.2) is 23.6 Å². The predicted molar refractivity (Wildman–Crippen MR) is 57.7 cm³/mol. The largest absolute Gasteiger partial charge is 0.342 e. The highest BCUT2D eigenvalue weighted by Gasteiger charge is 2.42. The van der Waals surface area contributed by atoms with Gasteiger partial charge in [0.2, 0.25) is 5.79 Å². The molecule has 0 bridgehead atoms. The van der Waals surface area contributed by atoms with Crippen LogP contribution in [0, 0.1) is 5.82 Å². The van der Waals surface area contributed by atoms with Crippen molar-refractivity contribution in [3.8, 4) is 0 Å². The van der Waals surface area contributed by atoms with Gasteiger partial charge in [0.25, 0.3) is 0 Å². The highest BCUT2D eigenvalue weighted by Crippen LogP contribution is 2.36. The van der Waals surface area contributed by atoms with Crippen molar-refractivity contribution in [3.63, 3.8) is 0 Å². The van der Waals surface area contributed by atoms with Gasteiger partial charge < -0.3 is 9.47 Å². The summed E-state index contributed by atoms with van der Waals surface area (Å²) in [6.07, 6.45) is 1.64. The van der Waals surface area contributed by atoms with Gasteiger partial charge in [0.05, 0.1) is 30.5 Å². The molecule has 2 atom stereocenters. The maximum atomic E-state index is 12.8. The first-order valence-corrected chi connectivity index (χ1v) is 5.73. The highest BCUT2D eigenvalue weighted by atomic mass is 35.5. The topological polar surface area (TPSA) is 31.4 Å². The fraction of sp³-hybridized carbons (Fsp3) is 0.545. The maximum absolute atomic E-state index is 12.8. The van der Waals surface area contributed by atoms with E-state index in [1.165, 1.54) is 6.07 Å². The maximum Gasteiger partial charge on any atom is 0.212 e. The summed E-state index contributed by atoms with van der Waals surface area (Å²) in [5.74, 6) is -0.863. The van der Waals surface area contributed by atoms with E-state index in [0.717, 1.165) is 6.20 Å². The van der Waals surface area contributed by atoms with E-state index in [1.807, 2.05) is 6.92 Å². The van der Waals surface area contributed by atoms with Gasteiger partial charge >= 0.3 is 0 Å². The van der Waals surface area contributed by atoms with Gasteiger partial charge in [-0.15, -0.1) is 11.6 Å². The number of halogens is 2. The van der Waals surface area contributed by atoms with Crippen LogP contribution in [0.1, 0.15) is 19.0 Å². The third-order valence-electron chi connectivity index (χ3n) is 2.61. The summed E-state index contributed by atoms with van der Waals surface area (Å²) < 4.78 is 24.1. The SMILES string of the molecule is CCC1(c2ccc(F)cn2)OCC(CCl)O1. The zero-order valence-electron chi connectivity index (χ0n) is 8.95. The summed E-state index contributed by atoms with van der Waals surface area (Å²) in [5, 5.41) is 0. The number of pyridine rings is 1. The minimum atomic E-state index is -0.868. The van der Waals surface area contributed by atoms with Crippen LogP contribution in [0.3, 0.4) is 0 Å². The molecule has 0 aromatic carbocycles. The van der Waals surface area contributed by atoms with E-state index >= 15 is 0 Å². The number of nitrogens with zero attached hydrogens (tertiary/aromatic N) is 1. The Morgan fingerprint density at radius 2 is 2.44 bits per heavy atom. The second kappa shape index (κ2) is 4.65. The Hall–Kier alpha value is -0.710. The highest BCUT2D eigenvalue weighted by molar-refractivity contribution is 6.18. The van der Waals surface area contributed by atoms with Crippen molar-refractivity contribution in [1.82, 2.24) is 4.98 Å². The van der Waals surface area contributed by atoms with Crippen molar-refractivity contribution in [1.29, 1.82) is 0 Å². The number of ether oxygens (including phenoxy) is 2. The Morgan fingerprint density at radius 3 is 2.94 bits per heavy atom. The molecule has 1 aromatic rings. The Labute approximate surface area is 98.5 Å². The molecule has 0 saturated carbocycles. The summed E-state index contributed by atoms with van der Waals surface area (Å²) >= 11 is 5.72. The lowest BCUT2D eigenvalue weighted by atomic mass is 10.1. The molecule has 2 heterocycles. The summed E-state index contributed by atoms with van der Waals surface area (Å²) in [5.41, 5.74) is 0.587. The van der Waals surface area contributed by atoms with E-state index in [4.69, 9.17) is 21.1 Å². The van der Waals surface area contributed by atoms with Crippen molar-refractivity contribution in [2.24, 2.45) is 0 Å². The lowest BCUT2D eigenvalue weighted by Crippen LogP contribution is -2.28. The van der Waals surface area contributed by atoms with E-state index in [1.54, 1.807) is 6.07 Å². The van der Waals surface area contributed by atoms with Crippen molar-refractivity contribution >= 4 is 11.6 Å². The fourth-order valence-corrected chi connectivity index (χ4v) is 1.89. The second-order valence-corrected chi connectivity index (χ2v) is 3.98. The molecule has 5 heteroatoms. The van der Waals surface area contributed by atoms with Crippen molar-refractivity contribution < 1.29 is 13.9 Å². The Bertz CT molecular complexity index is 360. The van der Waals surface area contributed by atoms with Crippen LogP contribution < -0.4 is 0 Å². The molecule has 2 unspecified atom stereocenters. The van der Waals surface area contributed by atoms with Crippen LogP contribution in [0.2, 0.25) is 0 Å². The van der Waals surface area contributed by atoms with Crippen molar-refractivity contribution in [2.45, 2.75) is 25.2 Å². The van der Waals surface area contributed by atoms with Gasteiger partial charge in [-0.1, -0.05) is 6.92 Å². The number of alkyl halides is 1. The van der Waals surface area contributed by atoms with Crippen molar-refractivity contribution in [3.05, 3.63) is 29.8 Å². The van der Waals surface area contributed by atoms with Gasteiger partial charge in [-0.2, -0.15) is 0 Å². The van der Waals surface area contributed by atoms with E-state index in [-0.39, 0.29) is 11.9 Å². The number of hydrogen-bond donors (Lipinski definition) is 0. The average molecular weight is 246 g/mol. The lowest BCUT2D eigenvalue weighted by molar-refractivity contribution is -0.179. The number of aromatic nitrogens is 1. The molecule has 0 spiro atoms. The number of hydrogen-bond acceptors (Lipinski definition) is 3. The van der Waals surface area contributed by atoms with Crippen molar-refractivity contribution in [2.75, 3.05) is 12.5 Å². The molecule has 1 fully saturated rings. The standard InChI is InChI=1S/C11H13ClFNO2/c1-2-11(15-7-9(5-12)16-11)10-4-3-8(13)6-14-10/h3-4,6,9H,2,5,7H2,1H3. The molecule has 88 valence electrons. The average Bonchev–Trinajstić information content (AvgIpc) is 2.75. The molecule has 3 nitrogen and oxygen atoms in total. The van der Waals surface area contributed by atoms with Crippen LogP contribution in [0.25, 0.3) is 0 Å². The molecule has 0 N–H and O–H groups in total. The first-order chi connectivity index (χ1) is 7.70. The molecule has 1 aromatic heterocycles. The fourth-order valence-electron chi connectivity index (χ4n) is 1.74. The van der Waals surface area contributed by atoms with E-state index < -0.39 is 5.79 Å². The van der Waals surface area contributed by atoms with Gasteiger partial charge in [0, 0.05) is 6.42 Å². The molecule has 0 amide bonds. The molecule has 1 saturated heterocycles. The van der Waals surface area contributed by atoms with Gasteiger partial charge in [-0.3, -0.25) is 4.98 Å². The minimum Gasteiger partial charge on any atom is -0.342 e. The van der Waals surface area contributed by atoms with Gasteiger partial charge in [0.1, 0.15) is 5.82 Å². The monoisotopic (exact) mass is 245 g/mol. The first-order valence-electron chi connectivity index (χ1n) is 5.20. The van der Waals surface area contributed by atoms with Crippen LogP contribution >= 0.6 is 11.6 Å². The first kappa shape index (κ1) is 11.8. The summed E-state index contributed by atoms with van der Waals surface area (Å²) in [6, 6.07) is 2.93. The molecule has 16 heavy (non-hydrogen) atoms. The second-order valence-electron chi connectivity index (χ2n) is 3.67. The summed E-state index contributed by atoms with van der Waals surface area (Å²) in [7, 11) is 0. The van der Waals surface area contributed by atoms with Gasteiger partial charge in [-0.25, -0.2) is 4.39 Å². The van der Waals surface area contributed by atoms with Gasteiger partial charge in [-0.05, 0) is 12.1 Å². The lowest BCUT2D eigenvalue weighted by Gasteiger charge is -2.25. The molecule has 1 aliphatic rings. The molecule has 0 aliphatic carbocycles. The molecular formula is C11H13ClFNO2. The van der Waals surface area contributed by atoms with Crippen LogP contribution in [0.5, 0.6) is 0 Å². The van der Waals surface area contributed by atoms with Gasteiger partial charge in [0.15, 0.2) is 0 Å². The smallest absolute Gasteiger partial charge is 0.212 e. The van der Waals surface area contributed by atoms with Crippen LogP contribution in [0.15, 0.2) is 18.3 Å². The molecule has 2 rings (SSSR count).